The number of halogens is 2. The number of fused-ring (bicyclic) bond motifs is 2. The molecular weight excluding hydrogens is 507 g/mol. The van der Waals surface area contributed by atoms with Gasteiger partial charge >= 0.3 is 206 Å². The van der Waals surface area contributed by atoms with Crippen molar-refractivity contribution < 1.29 is 44.0 Å². The molecule has 5 heteroatoms. The molecule has 0 fully saturated rings. The van der Waals surface area contributed by atoms with Gasteiger partial charge in [0, 0.05) is 0 Å². The topological polar surface area (TPSA) is 9.86 Å². The molecule has 2 aromatic heterocycles. The predicted molar refractivity (Wildman–Crippen MR) is 135 cm³/mol. The number of rotatable bonds is 4. The average Bonchev–Trinajstić information content (AvgIpc) is 3.52. The molecule has 2 atom stereocenters. The van der Waals surface area contributed by atoms with E-state index in [1.165, 1.54) is 56.2 Å². The van der Waals surface area contributed by atoms with Gasteiger partial charge in [0.2, 0.25) is 0 Å². The van der Waals surface area contributed by atoms with Crippen LogP contribution in [0.5, 0.6) is 0 Å². The summed E-state index contributed by atoms with van der Waals surface area (Å²) in [4.78, 5) is 0. The third-order valence-electron chi connectivity index (χ3n) is 7.00. The summed E-state index contributed by atoms with van der Waals surface area (Å²) in [7, 11) is 0. The summed E-state index contributed by atoms with van der Waals surface area (Å²) in [5, 5.41) is 0. The molecule has 176 valence electrons. The van der Waals surface area contributed by atoms with Gasteiger partial charge in [-0.2, -0.15) is 0 Å². The van der Waals surface area contributed by atoms with E-state index in [0.29, 0.717) is 8.45 Å². The van der Waals surface area contributed by atoms with Gasteiger partial charge in [-0.3, -0.25) is 0 Å². The summed E-state index contributed by atoms with van der Waals surface area (Å²) in [6.45, 7) is 8.86. The second kappa shape index (κ2) is 10.0. The minimum Gasteiger partial charge on any atom is -1.00 e. The Hall–Kier alpha value is -2.23. The van der Waals surface area contributed by atoms with Gasteiger partial charge < -0.3 is 24.8 Å². The molecule has 0 bridgehead atoms. The number of hydrogen-bond acceptors (Lipinski definition) is 0. The Morgan fingerprint density at radius 2 is 1.00 bits per heavy atom. The fourth-order valence-corrected chi connectivity index (χ4v) is 8.72. The molecule has 2 nitrogen and oxygen atoms in total. The van der Waals surface area contributed by atoms with Crippen molar-refractivity contribution in [3.05, 3.63) is 118 Å². The Morgan fingerprint density at radius 1 is 0.600 bits per heavy atom. The zero-order valence-corrected chi connectivity index (χ0v) is 23.5. The van der Waals surface area contributed by atoms with Crippen LogP contribution < -0.4 is 24.8 Å². The first kappa shape index (κ1) is 25.9. The smallest absolute Gasteiger partial charge is 1.00 e. The van der Waals surface area contributed by atoms with Crippen LogP contribution in [0, 0.1) is 27.7 Å². The first-order valence-corrected chi connectivity index (χ1v) is 13.5. The predicted octanol–water partition coefficient (Wildman–Crippen LogP) is 1.42. The number of hydrogen-bond donors (Lipinski definition) is 0. The van der Waals surface area contributed by atoms with Crippen LogP contribution in [-0.2, 0) is 19.2 Å². The molecule has 0 spiro atoms. The van der Waals surface area contributed by atoms with Crippen molar-refractivity contribution in [2.75, 3.05) is 0 Å². The molecule has 2 aliphatic carbocycles. The molecule has 0 aliphatic heterocycles. The van der Waals surface area contributed by atoms with Crippen LogP contribution in [-0.4, -0.2) is 9.13 Å². The van der Waals surface area contributed by atoms with Crippen LogP contribution in [0.2, 0.25) is 0 Å². The van der Waals surface area contributed by atoms with E-state index >= 15 is 0 Å². The molecule has 0 saturated carbocycles. The average molecular weight is 535 g/mol. The van der Waals surface area contributed by atoms with E-state index in [9.17, 15) is 0 Å². The van der Waals surface area contributed by atoms with Crippen molar-refractivity contribution in [2.24, 2.45) is 0 Å². The van der Waals surface area contributed by atoms with Crippen molar-refractivity contribution in [1.82, 2.24) is 9.13 Å². The largest absolute Gasteiger partial charge is 1.00 e. The van der Waals surface area contributed by atoms with Gasteiger partial charge in [-0.25, -0.2) is 0 Å². The van der Waals surface area contributed by atoms with Crippen molar-refractivity contribution in [1.29, 1.82) is 0 Å². The molecule has 0 N–H and O–H groups in total. The quantitative estimate of drug-likeness (QED) is 0.350. The molecule has 2 aliphatic rings. The van der Waals surface area contributed by atoms with Crippen molar-refractivity contribution in [3.63, 3.8) is 0 Å². The molecule has 0 saturated heterocycles. The van der Waals surface area contributed by atoms with Crippen molar-refractivity contribution >= 4 is 23.5 Å². The van der Waals surface area contributed by atoms with Crippen molar-refractivity contribution in [3.8, 4) is 0 Å². The molecule has 0 radical (unpaired) electrons. The summed E-state index contributed by atoms with van der Waals surface area (Å²) < 4.78 is 5.84. The number of aryl methyl sites for hydroxylation is 4. The minimum atomic E-state index is -0.459. The Labute approximate surface area is 229 Å². The number of benzene rings is 2. The summed E-state index contributed by atoms with van der Waals surface area (Å²) in [6.07, 6.45) is 9.49. The monoisotopic (exact) mass is 534 g/mol. The van der Waals surface area contributed by atoms with Gasteiger partial charge in [-0.05, 0) is 0 Å². The molecule has 2 heterocycles. The second-order valence-corrected chi connectivity index (χ2v) is 11.8. The van der Waals surface area contributed by atoms with Gasteiger partial charge in [0.25, 0.3) is 0 Å². The van der Waals surface area contributed by atoms with Crippen LogP contribution in [0.3, 0.4) is 0 Å². The maximum atomic E-state index is 2.44. The summed E-state index contributed by atoms with van der Waals surface area (Å²) in [5.41, 5.74) is 14.0. The molecular formula is C30H28Cl2N2Ti. The Bertz CT molecular complexity index is 1350. The minimum absolute atomic E-state index is 0. The molecule has 2 unspecified atom stereocenters. The maximum absolute atomic E-state index is 2.44. The summed E-state index contributed by atoms with van der Waals surface area (Å²) in [5.74, 6) is 0. The fourth-order valence-electron chi connectivity index (χ4n) is 5.59. The van der Waals surface area contributed by atoms with Crippen LogP contribution >= 0.6 is 0 Å². The van der Waals surface area contributed by atoms with E-state index in [0.717, 1.165) is 0 Å². The molecule has 4 aromatic rings. The number of aromatic nitrogens is 2. The van der Waals surface area contributed by atoms with E-state index in [1.54, 1.807) is 0 Å². The van der Waals surface area contributed by atoms with Crippen LogP contribution in [0.1, 0.15) is 53.2 Å². The summed E-state index contributed by atoms with van der Waals surface area (Å²) in [6, 6.07) is 22.6. The zero-order valence-electron chi connectivity index (χ0n) is 20.4. The Kier molecular flexibility index (Phi) is 7.41. The van der Waals surface area contributed by atoms with Crippen LogP contribution in [0.15, 0.2) is 73.1 Å². The molecule has 0 amide bonds. The SMILES string of the molecule is Cc1cc(C)n(C2=Cc3ccccc3[CH]2[Ti+2][CH]2C(n3cc(C)cc3C)=Cc3ccccc32)c1.[Cl-].[Cl-]. The second-order valence-electron chi connectivity index (χ2n) is 9.49. The van der Waals surface area contributed by atoms with E-state index < -0.39 is 19.2 Å². The van der Waals surface area contributed by atoms with Crippen LogP contribution in [0.4, 0.5) is 0 Å². The standard InChI is InChI=1S/2C15H14N.2ClH.Ti/c2*1-11-7-12(2)16(10-11)15-8-13-5-3-4-6-14(13)9-15;;;/h2*3-10H,1-2H3;2*1H;/q;;;;+2/p-2. The first-order chi connectivity index (χ1) is 16.0. The van der Waals surface area contributed by atoms with E-state index in [4.69, 9.17) is 0 Å². The fraction of sp³-hybridized carbons (Fsp3) is 0.200. The molecule has 2 aromatic carbocycles. The third-order valence-corrected chi connectivity index (χ3v) is 9.94. The van der Waals surface area contributed by atoms with Gasteiger partial charge in [0.1, 0.15) is 0 Å². The van der Waals surface area contributed by atoms with E-state index in [2.05, 4.69) is 122 Å². The van der Waals surface area contributed by atoms with Gasteiger partial charge in [-0.15, -0.1) is 0 Å². The van der Waals surface area contributed by atoms with Gasteiger partial charge in [-0.1, -0.05) is 0 Å². The zero-order chi connectivity index (χ0) is 22.7. The third kappa shape index (κ3) is 4.43. The van der Waals surface area contributed by atoms with E-state index in [1.807, 2.05) is 0 Å². The van der Waals surface area contributed by atoms with Crippen LogP contribution in [0.25, 0.3) is 23.5 Å². The van der Waals surface area contributed by atoms with Gasteiger partial charge in [0.05, 0.1) is 0 Å². The number of nitrogens with zero attached hydrogens (tertiary/aromatic N) is 2. The normalized spacial score (nSPS) is 17.5. The Balaban J connectivity index is 0.00000144. The van der Waals surface area contributed by atoms with Crippen molar-refractivity contribution in [2.45, 2.75) is 36.1 Å². The van der Waals surface area contributed by atoms with Gasteiger partial charge in [0.15, 0.2) is 0 Å². The first-order valence-electron chi connectivity index (χ1n) is 11.7. The molecule has 35 heavy (non-hydrogen) atoms. The maximum Gasteiger partial charge on any atom is -1.00 e. The molecule has 6 rings (SSSR count). The summed E-state index contributed by atoms with van der Waals surface area (Å²) >= 11 is -0.459. The number of allylic oxidation sites excluding steroid dienone is 2. The van der Waals surface area contributed by atoms with E-state index in [-0.39, 0.29) is 24.8 Å². The Morgan fingerprint density at radius 3 is 1.37 bits per heavy atom.